The maximum Gasteiger partial charge on any atom is 0.127 e. The van der Waals surface area contributed by atoms with Crippen molar-refractivity contribution in [2.45, 2.75) is 64.6 Å². The highest BCUT2D eigenvalue weighted by Gasteiger charge is 2.33. The summed E-state index contributed by atoms with van der Waals surface area (Å²) in [7, 11) is 0. The van der Waals surface area contributed by atoms with E-state index in [-0.39, 0.29) is 6.10 Å². The van der Waals surface area contributed by atoms with Crippen molar-refractivity contribution in [1.29, 1.82) is 5.26 Å². The minimum absolute atomic E-state index is 0.230. The van der Waals surface area contributed by atoms with Gasteiger partial charge in [-0.05, 0) is 39.0 Å². The maximum atomic E-state index is 9.16. The Labute approximate surface area is 99.2 Å². The number of rotatable bonds is 7. The summed E-state index contributed by atoms with van der Waals surface area (Å²) in [6.45, 7) is 8.85. The monoisotopic (exact) mass is 224 g/mol. The summed E-state index contributed by atoms with van der Waals surface area (Å²) in [4.78, 5) is 0. The third kappa shape index (κ3) is 4.96. The molecule has 0 amide bonds. The van der Waals surface area contributed by atoms with Gasteiger partial charge < -0.3 is 4.74 Å². The van der Waals surface area contributed by atoms with Crippen LogP contribution < -0.4 is 5.32 Å². The van der Waals surface area contributed by atoms with Crippen molar-refractivity contribution in [2.75, 3.05) is 6.61 Å². The molecule has 0 spiro atoms. The van der Waals surface area contributed by atoms with Crippen molar-refractivity contribution in [3.63, 3.8) is 0 Å². The van der Waals surface area contributed by atoms with E-state index >= 15 is 0 Å². The van der Waals surface area contributed by atoms with Crippen molar-refractivity contribution in [2.24, 2.45) is 5.92 Å². The second kappa shape index (κ2) is 5.65. The van der Waals surface area contributed by atoms with E-state index in [1.54, 1.807) is 0 Å². The van der Waals surface area contributed by atoms with Crippen molar-refractivity contribution in [1.82, 2.24) is 5.32 Å². The molecular formula is C13H24N2O. The van der Waals surface area contributed by atoms with Gasteiger partial charge in [-0.3, -0.25) is 5.32 Å². The quantitative estimate of drug-likeness (QED) is 0.722. The zero-order valence-corrected chi connectivity index (χ0v) is 10.9. The third-order valence-electron chi connectivity index (χ3n) is 2.81. The zero-order valence-electron chi connectivity index (χ0n) is 10.9. The van der Waals surface area contributed by atoms with Crippen LogP contribution in [0.25, 0.3) is 0 Å². The number of ether oxygens (including phenoxy) is 1. The summed E-state index contributed by atoms with van der Waals surface area (Å²) in [5, 5.41) is 12.5. The number of hydrogen-bond donors (Lipinski definition) is 1. The molecule has 0 aromatic rings. The normalized spacial score (nSPS) is 21.5. The number of nitrogens with one attached hydrogen (secondary N) is 1. The molecule has 0 aromatic carbocycles. The first kappa shape index (κ1) is 13.5. The van der Waals surface area contributed by atoms with Crippen molar-refractivity contribution in [3.8, 4) is 6.07 Å². The van der Waals surface area contributed by atoms with E-state index < -0.39 is 5.54 Å². The van der Waals surface area contributed by atoms with Gasteiger partial charge in [0.25, 0.3) is 0 Å². The Hall–Kier alpha value is -0.590. The summed E-state index contributed by atoms with van der Waals surface area (Å²) in [5.41, 5.74) is -0.521. The molecule has 1 saturated carbocycles. The molecular weight excluding hydrogens is 200 g/mol. The van der Waals surface area contributed by atoms with E-state index in [0.717, 1.165) is 6.42 Å². The fourth-order valence-corrected chi connectivity index (χ4v) is 1.83. The Morgan fingerprint density at radius 2 is 2.06 bits per heavy atom. The standard InChI is InChI=1S/C13H24N2O/c1-10(2)7-11(3)16-9-13(4,8-14)15-12-5-6-12/h10-12,15H,5-7,9H2,1-4H3. The second-order valence-corrected chi connectivity index (χ2v) is 5.61. The van der Waals surface area contributed by atoms with Crippen LogP contribution in [0.4, 0.5) is 0 Å². The second-order valence-electron chi connectivity index (χ2n) is 5.61. The van der Waals surface area contributed by atoms with E-state index in [4.69, 9.17) is 10.00 Å². The van der Waals surface area contributed by atoms with Gasteiger partial charge in [0.1, 0.15) is 5.54 Å². The first-order valence-electron chi connectivity index (χ1n) is 6.26. The lowest BCUT2D eigenvalue weighted by molar-refractivity contribution is 0.0261. The number of hydrogen-bond acceptors (Lipinski definition) is 3. The molecule has 2 unspecified atom stereocenters. The Kier molecular flexibility index (Phi) is 4.76. The lowest BCUT2D eigenvalue weighted by atomic mass is 10.0. The minimum Gasteiger partial charge on any atom is -0.375 e. The molecule has 3 heteroatoms. The molecule has 0 bridgehead atoms. The zero-order chi connectivity index (χ0) is 12.2. The molecule has 0 heterocycles. The summed E-state index contributed by atoms with van der Waals surface area (Å²) >= 11 is 0. The Bertz CT molecular complexity index is 255. The number of nitriles is 1. The molecule has 3 nitrogen and oxygen atoms in total. The molecule has 0 aromatic heterocycles. The Morgan fingerprint density at radius 3 is 2.50 bits per heavy atom. The molecule has 2 atom stereocenters. The fraction of sp³-hybridized carbons (Fsp3) is 0.923. The van der Waals surface area contributed by atoms with E-state index in [9.17, 15) is 0 Å². The van der Waals surface area contributed by atoms with Crippen LogP contribution in [0.3, 0.4) is 0 Å². The average molecular weight is 224 g/mol. The van der Waals surface area contributed by atoms with Crippen LogP contribution >= 0.6 is 0 Å². The van der Waals surface area contributed by atoms with Gasteiger partial charge in [-0.1, -0.05) is 13.8 Å². The highest BCUT2D eigenvalue weighted by molar-refractivity contribution is 5.07. The average Bonchev–Trinajstić information content (AvgIpc) is 2.98. The summed E-state index contributed by atoms with van der Waals surface area (Å²) < 4.78 is 5.75. The van der Waals surface area contributed by atoms with Gasteiger partial charge >= 0.3 is 0 Å². The van der Waals surface area contributed by atoms with Gasteiger partial charge in [0, 0.05) is 6.04 Å². The SMILES string of the molecule is CC(C)CC(C)OCC(C)(C#N)NC1CC1. The van der Waals surface area contributed by atoms with Gasteiger partial charge in [0.15, 0.2) is 0 Å². The highest BCUT2D eigenvalue weighted by atomic mass is 16.5. The largest absolute Gasteiger partial charge is 0.375 e. The molecule has 1 rings (SSSR count). The third-order valence-corrected chi connectivity index (χ3v) is 2.81. The van der Waals surface area contributed by atoms with Crippen molar-refractivity contribution < 1.29 is 4.74 Å². The van der Waals surface area contributed by atoms with Gasteiger partial charge in [0.2, 0.25) is 0 Å². The van der Waals surface area contributed by atoms with Crippen molar-refractivity contribution >= 4 is 0 Å². The maximum absolute atomic E-state index is 9.16. The van der Waals surface area contributed by atoms with E-state index in [2.05, 4.69) is 32.2 Å². The molecule has 1 aliphatic rings. The topological polar surface area (TPSA) is 45.0 Å². The Balaban J connectivity index is 2.29. The highest BCUT2D eigenvalue weighted by Crippen LogP contribution is 2.22. The van der Waals surface area contributed by atoms with E-state index in [1.165, 1.54) is 12.8 Å². The summed E-state index contributed by atoms with van der Waals surface area (Å²) in [6, 6.07) is 2.86. The van der Waals surface area contributed by atoms with Crippen LogP contribution in [0.1, 0.15) is 47.0 Å². The molecule has 1 fully saturated rings. The molecule has 0 saturated heterocycles. The van der Waals surface area contributed by atoms with Crippen LogP contribution in [0.2, 0.25) is 0 Å². The van der Waals surface area contributed by atoms with Crippen LogP contribution in [-0.4, -0.2) is 24.3 Å². The first-order chi connectivity index (χ1) is 7.45. The van der Waals surface area contributed by atoms with Gasteiger partial charge in [0.05, 0.1) is 18.8 Å². The van der Waals surface area contributed by atoms with Crippen LogP contribution in [-0.2, 0) is 4.74 Å². The molecule has 1 N–H and O–H groups in total. The smallest absolute Gasteiger partial charge is 0.127 e. The van der Waals surface area contributed by atoms with Crippen molar-refractivity contribution in [3.05, 3.63) is 0 Å². The first-order valence-corrected chi connectivity index (χ1v) is 6.26. The minimum atomic E-state index is -0.521. The molecule has 1 aliphatic carbocycles. The summed E-state index contributed by atoms with van der Waals surface area (Å²) in [6.07, 6.45) is 3.66. The van der Waals surface area contributed by atoms with Crippen LogP contribution in [0, 0.1) is 17.2 Å². The van der Waals surface area contributed by atoms with Gasteiger partial charge in [-0.2, -0.15) is 5.26 Å². The number of nitrogens with zero attached hydrogens (tertiary/aromatic N) is 1. The fourth-order valence-electron chi connectivity index (χ4n) is 1.83. The predicted octanol–water partition coefficient (Wildman–Crippen LogP) is 2.47. The van der Waals surface area contributed by atoms with E-state index in [0.29, 0.717) is 18.6 Å². The van der Waals surface area contributed by atoms with E-state index in [1.807, 2.05) is 6.92 Å². The lowest BCUT2D eigenvalue weighted by Crippen LogP contribution is -2.47. The van der Waals surface area contributed by atoms with Crippen LogP contribution in [0.5, 0.6) is 0 Å². The summed E-state index contributed by atoms with van der Waals surface area (Å²) in [5.74, 6) is 0.639. The molecule has 92 valence electrons. The van der Waals surface area contributed by atoms with Gasteiger partial charge in [-0.25, -0.2) is 0 Å². The Morgan fingerprint density at radius 1 is 1.44 bits per heavy atom. The lowest BCUT2D eigenvalue weighted by Gasteiger charge is -2.25. The molecule has 0 radical (unpaired) electrons. The van der Waals surface area contributed by atoms with Crippen LogP contribution in [0.15, 0.2) is 0 Å². The molecule has 0 aliphatic heterocycles. The molecule has 16 heavy (non-hydrogen) atoms. The predicted molar refractivity (Wildman–Crippen MR) is 65.0 cm³/mol. The van der Waals surface area contributed by atoms with Gasteiger partial charge in [-0.15, -0.1) is 0 Å².